The third-order valence-electron chi connectivity index (χ3n) is 17.2. The van der Waals surface area contributed by atoms with E-state index < -0.39 is 0 Å². The third kappa shape index (κ3) is 22.2. The van der Waals surface area contributed by atoms with Crippen molar-refractivity contribution >= 4 is 0 Å². The van der Waals surface area contributed by atoms with Gasteiger partial charge in [0, 0.05) is 16.7 Å². The summed E-state index contributed by atoms with van der Waals surface area (Å²) in [7, 11) is 0. The van der Waals surface area contributed by atoms with E-state index in [1.807, 2.05) is 0 Å². The number of benzene rings is 6. The van der Waals surface area contributed by atoms with E-state index in [2.05, 4.69) is 230 Å². The highest BCUT2D eigenvalue weighted by Crippen LogP contribution is 2.39. The van der Waals surface area contributed by atoms with Gasteiger partial charge in [-0.25, -0.2) is 0 Å². The molecule has 438 valence electrons. The monoisotopic (exact) mass is 1080 g/mol. The Morgan fingerprint density at radius 2 is 0.750 bits per heavy atom. The topological polar surface area (TPSA) is 27.7 Å². The molecular weight excluding hydrogens is 973 g/mol. The molecule has 80 heavy (non-hydrogen) atoms. The minimum absolute atomic E-state index is 0.0120. The first-order valence-corrected chi connectivity index (χ1v) is 32.1. The van der Waals surface area contributed by atoms with Crippen LogP contribution in [-0.4, -0.2) is 19.8 Å². The summed E-state index contributed by atoms with van der Waals surface area (Å²) in [4.78, 5) is 0. The second-order valence-electron chi connectivity index (χ2n) is 24.0. The SMILES string of the molecule is CCCCCCCOc1ccc(C(C)(C)c2ccc(C)c(C)c2)cc1C.CCCCCCCOc1ccc(C(C)(CC)c2ccc(C)cc2)cc1.CCCCCCCOc1ccc(C(c2ccc(C)cc2)C(CC)CCCC)cc1. The van der Waals surface area contributed by atoms with E-state index in [0.717, 1.165) is 62.8 Å². The first-order valence-electron chi connectivity index (χ1n) is 32.1. The Hall–Kier alpha value is -5.28. The molecule has 0 fully saturated rings. The smallest absolute Gasteiger partial charge is 0.122 e. The van der Waals surface area contributed by atoms with Crippen molar-refractivity contribution in [3.8, 4) is 17.2 Å². The van der Waals surface area contributed by atoms with E-state index in [1.54, 1.807) is 0 Å². The molecule has 6 aromatic carbocycles. The molecule has 3 atom stereocenters. The molecule has 0 amide bonds. The molecule has 0 bridgehead atoms. The average Bonchev–Trinajstić information content (AvgIpc) is 3.47. The molecule has 0 N–H and O–H groups in total. The maximum Gasteiger partial charge on any atom is 0.122 e. The summed E-state index contributed by atoms with van der Waals surface area (Å²) in [5.41, 5.74) is 14.9. The zero-order chi connectivity index (χ0) is 58.2. The lowest BCUT2D eigenvalue weighted by atomic mass is 9.74. The zero-order valence-corrected chi connectivity index (χ0v) is 53.3. The molecule has 0 saturated carbocycles. The van der Waals surface area contributed by atoms with Crippen LogP contribution in [0, 0.1) is 40.5 Å². The molecular formula is C77H112O3. The molecule has 3 heteroatoms. The summed E-state index contributed by atoms with van der Waals surface area (Å²) in [5.74, 6) is 4.17. The summed E-state index contributed by atoms with van der Waals surface area (Å²) in [6.45, 7) is 33.9. The second kappa shape index (κ2) is 36.9. The lowest BCUT2D eigenvalue weighted by Crippen LogP contribution is -2.22. The van der Waals surface area contributed by atoms with Crippen LogP contribution in [0.5, 0.6) is 17.2 Å². The fourth-order valence-corrected chi connectivity index (χ4v) is 10.9. The van der Waals surface area contributed by atoms with Crippen LogP contribution < -0.4 is 14.2 Å². The minimum atomic E-state index is -0.0120. The van der Waals surface area contributed by atoms with Crippen LogP contribution in [0.25, 0.3) is 0 Å². The van der Waals surface area contributed by atoms with Gasteiger partial charge in [-0.3, -0.25) is 0 Å². The summed E-state index contributed by atoms with van der Waals surface area (Å²) in [6, 6.07) is 49.3. The van der Waals surface area contributed by atoms with Crippen LogP contribution in [0.1, 0.15) is 258 Å². The molecule has 0 aliphatic heterocycles. The van der Waals surface area contributed by atoms with Gasteiger partial charge in [0.2, 0.25) is 0 Å². The Kier molecular flexibility index (Phi) is 31.0. The van der Waals surface area contributed by atoms with Gasteiger partial charge in [0.25, 0.3) is 0 Å². The van der Waals surface area contributed by atoms with Crippen molar-refractivity contribution in [2.45, 2.75) is 242 Å². The quantitative estimate of drug-likeness (QED) is 0.0385. The summed E-state index contributed by atoms with van der Waals surface area (Å²) >= 11 is 0. The molecule has 6 aromatic rings. The number of hydrogen-bond donors (Lipinski definition) is 0. The van der Waals surface area contributed by atoms with Crippen LogP contribution >= 0.6 is 0 Å². The van der Waals surface area contributed by atoms with Crippen LogP contribution in [-0.2, 0) is 10.8 Å². The Labute approximate surface area is 491 Å². The van der Waals surface area contributed by atoms with Crippen molar-refractivity contribution in [3.63, 3.8) is 0 Å². The molecule has 6 rings (SSSR count). The normalized spacial score (nSPS) is 12.8. The van der Waals surface area contributed by atoms with E-state index in [9.17, 15) is 0 Å². The predicted molar refractivity (Wildman–Crippen MR) is 349 cm³/mol. The fraction of sp³-hybridized carbons (Fsp3) is 0.532. The van der Waals surface area contributed by atoms with Gasteiger partial charge in [-0.15, -0.1) is 0 Å². The average molecular weight is 1090 g/mol. The van der Waals surface area contributed by atoms with E-state index >= 15 is 0 Å². The Balaban J connectivity index is 0.000000259. The maximum atomic E-state index is 6.03. The lowest BCUT2D eigenvalue weighted by molar-refractivity contribution is 0.302. The predicted octanol–water partition coefficient (Wildman–Crippen LogP) is 23.0. The van der Waals surface area contributed by atoms with Crippen molar-refractivity contribution in [1.29, 1.82) is 0 Å². The van der Waals surface area contributed by atoms with E-state index in [-0.39, 0.29) is 10.8 Å². The van der Waals surface area contributed by atoms with Crippen molar-refractivity contribution in [1.82, 2.24) is 0 Å². The molecule has 0 aliphatic rings. The largest absolute Gasteiger partial charge is 0.494 e. The van der Waals surface area contributed by atoms with Gasteiger partial charge < -0.3 is 14.2 Å². The summed E-state index contributed by atoms with van der Waals surface area (Å²) in [5, 5.41) is 0. The lowest BCUT2D eigenvalue weighted by Gasteiger charge is -2.30. The van der Waals surface area contributed by atoms with E-state index in [1.165, 1.54) is 164 Å². The van der Waals surface area contributed by atoms with Crippen LogP contribution in [0.3, 0.4) is 0 Å². The van der Waals surface area contributed by atoms with Gasteiger partial charge >= 0.3 is 0 Å². The molecule has 0 aliphatic carbocycles. The standard InChI is InChI=1S/C28H42O.C25H36O.C24H34O/c1-5-8-10-11-12-22-29-27-20-18-26(19-21-27)28(24(7-3)13-9-6-2)25-16-14-23(4)15-17-25;1-7-8-9-10-11-16-26-24-15-14-23(18-21(24)4)25(5,6)22-13-12-19(2)20(3)17-22;1-5-7-8-9-10-19-25-23-17-15-22(16-18-23)24(4,6-2)21-13-11-20(3)12-14-21/h14-21,24,28H,5-13,22H2,1-4H3;12-15,17-18H,7-11,16H2,1-6H3;11-18H,5-10,19H2,1-4H3. The highest BCUT2D eigenvalue weighted by atomic mass is 16.5. The number of hydrogen-bond acceptors (Lipinski definition) is 3. The highest BCUT2D eigenvalue weighted by molar-refractivity contribution is 5.46. The molecule has 3 nitrogen and oxygen atoms in total. The highest BCUT2D eigenvalue weighted by Gasteiger charge is 2.28. The molecule has 3 unspecified atom stereocenters. The van der Waals surface area contributed by atoms with Crippen molar-refractivity contribution in [2.24, 2.45) is 5.92 Å². The number of rotatable bonds is 33. The zero-order valence-electron chi connectivity index (χ0n) is 53.3. The molecule has 0 aromatic heterocycles. The minimum Gasteiger partial charge on any atom is -0.494 e. The van der Waals surface area contributed by atoms with Crippen LogP contribution in [0.2, 0.25) is 0 Å². The number of ether oxygens (including phenoxy) is 3. The van der Waals surface area contributed by atoms with Gasteiger partial charge in [-0.1, -0.05) is 273 Å². The summed E-state index contributed by atoms with van der Waals surface area (Å²) in [6.07, 6.45) is 25.3. The van der Waals surface area contributed by atoms with Gasteiger partial charge in [0.1, 0.15) is 17.2 Å². The van der Waals surface area contributed by atoms with Crippen molar-refractivity contribution < 1.29 is 14.2 Å². The fourth-order valence-electron chi connectivity index (χ4n) is 10.9. The van der Waals surface area contributed by atoms with Crippen molar-refractivity contribution in [2.75, 3.05) is 19.8 Å². The van der Waals surface area contributed by atoms with E-state index in [0.29, 0.717) is 11.8 Å². The first kappa shape index (κ1) is 67.2. The first-order chi connectivity index (χ1) is 38.6. The number of aryl methyl sites for hydroxylation is 5. The Morgan fingerprint density at radius 3 is 1.19 bits per heavy atom. The molecule has 0 heterocycles. The van der Waals surface area contributed by atoms with Crippen LogP contribution in [0.4, 0.5) is 0 Å². The van der Waals surface area contributed by atoms with E-state index in [4.69, 9.17) is 14.2 Å². The third-order valence-corrected chi connectivity index (χ3v) is 17.2. The molecule has 0 saturated heterocycles. The maximum absolute atomic E-state index is 6.03. The van der Waals surface area contributed by atoms with Crippen LogP contribution in [0.15, 0.2) is 133 Å². The summed E-state index contributed by atoms with van der Waals surface area (Å²) < 4.78 is 17.9. The number of unbranched alkanes of at least 4 members (excludes halogenated alkanes) is 13. The Morgan fingerprint density at radius 1 is 0.362 bits per heavy atom. The Bertz CT molecular complexity index is 2550. The van der Waals surface area contributed by atoms with Gasteiger partial charge in [-0.2, -0.15) is 0 Å². The van der Waals surface area contributed by atoms with Gasteiger partial charge in [0.05, 0.1) is 19.8 Å². The van der Waals surface area contributed by atoms with Gasteiger partial charge in [-0.05, 0) is 153 Å². The second-order valence-corrected chi connectivity index (χ2v) is 24.0. The molecule has 0 spiro atoms. The van der Waals surface area contributed by atoms with Crippen molar-refractivity contribution in [3.05, 3.63) is 195 Å². The van der Waals surface area contributed by atoms with Gasteiger partial charge in [0.15, 0.2) is 0 Å². The molecule has 0 radical (unpaired) electrons.